The van der Waals surface area contributed by atoms with E-state index < -0.39 is 6.04 Å². The van der Waals surface area contributed by atoms with Crippen molar-refractivity contribution in [2.75, 3.05) is 24.6 Å². The maximum atomic E-state index is 12.8. The molecular formula is C18H21N3O4. The van der Waals surface area contributed by atoms with E-state index in [9.17, 15) is 19.5 Å². The average Bonchev–Trinajstić information content (AvgIpc) is 3.20. The molecule has 4 rings (SSSR count). The highest BCUT2D eigenvalue weighted by molar-refractivity contribution is 6.05. The van der Waals surface area contributed by atoms with Crippen LogP contribution >= 0.6 is 0 Å². The fourth-order valence-corrected chi connectivity index (χ4v) is 3.96. The third kappa shape index (κ3) is 2.78. The van der Waals surface area contributed by atoms with E-state index in [1.54, 1.807) is 4.90 Å². The molecule has 7 nitrogen and oxygen atoms in total. The molecule has 3 aliphatic rings. The van der Waals surface area contributed by atoms with Crippen LogP contribution in [0.2, 0.25) is 0 Å². The first kappa shape index (κ1) is 16.1. The highest BCUT2D eigenvalue weighted by atomic mass is 16.3. The Morgan fingerprint density at radius 3 is 2.76 bits per heavy atom. The molecule has 2 N–H and O–H groups in total. The summed E-state index contributed by atoms with van der Waals surface area (Å²) in [5.74, 6) is -0.531. The molecule has 0 radical (unpaired) electrons. The first-order chi connectivity index (χ1) is 12.1. The third-order valence-corrected chi connectivity index (χ3v) is 5.42. The summed E-state index contributed by atoms with van der Waals surface area (Å²) >= 11 is 0. The van der Waals surface area contributed by atoms with Crippen molar-refractivity contribution >= 4 is 23.4 Å². The first-order valence-corrected chi connectivity index (χ1v) is 8.70. The molecule has 25 heavy (non-hydrogen) atoms. The van der Waals surface area contributed by atoms with Gasteiger partial charge in [-0.1, -0.05) is 6.07 Å². The number of nitrogens with one attached hydrogen (secondary N) is 1. The van der Waals surface area contributed by atoms with Crippen LogP contribution < -0.4 is 10.2 Å². The fraction of sp³-hybridized carbons (Fsp3) is 0.500. The average molecular weight is 343 g/mol. The summed E-state index contributed by atoms with van der Waals surface area (Å²) in [5.41, 5.74) is 2.53. The van der Waals surface area contributed by atoms with Gasteiger partial charge in [0.05, 0.1) is 0 Å². The highest BCUT2D eigenvalue weighted by Gasteiger charge is 2.39. The van der Waals surface area contributed by atoms with Gasteiger partial charge in [0.15, 0.2) is 0 Å². The van der Waals surface area contributed by atoms with Gasteiger partial charge in [0.25, 0.3) is 5.91 Å². The Bertz CT molecular complexity index is 748. The fourth-order valence-electron chi connectivity index (χ4n) is 3.96. The van der Waals surface area contributed by atoms with Gasteiger partial charge in [-0.25, -0.2) is 0 Å². The smallest absolute Gasteiger partial charge is 0.255 e. The number of carbonyl (C=O) groups is 3. The second-order valence-electron chi connectivity index (χ2n) is 7.02. The first-order valence-electron chi connectivity index (χ1n) is 8.70. The predicted octanol–water partition coefficient (Wildman–Crippen LogP) is 0.266. The summed E-state index contributed by atoms with van der Waals surface area (Å²) < 4.78 is 0. The zero-order chi connectivity index (χ0) is 17.6. The Morgan fingerprint density at radius 2 is 2.04 bits per heavy atom. The number of aliphatic hydroxyl groups is 1. The van der Waals surface area contributed by atoms with Crippen molar-refractivity contribution in [1.29, 1.82) is 0 Å². The molecule has 0 aliphatic carbocycles. The van der Waals surface area contributed by atoms with E-state index in [1.165, 1.54) is 0 Å². The Labute approximate surface area is 145 Å². The number of aliphatic hydroxyl groups excluding tert-OH is 1. The molecular weight excluding hydrogens is 322 g/mol. The Kier molecular flexibility index (Phi) is 3.95. The lowest BCUT2D eigenvalue weighted by Crippen LogP contribution is -2.52. The van der Waals surface area contributed by atoms with Crippen molar-refractivity contribution in [3.63, 3.8) is 0 Å². The minimum absolute atomic E-state index is 0.149. The summed E-state index contributed by atoms with van der Waals surface area (Å²) in [5, 5.41) is 11.6. The van der Waals surface area contributed by atoms with E-state index in [0.717, 1.165) is 30.8 Å². The zero-order valence-corrected chi connectivity index (χ0v) is 13.9. The van der Waals surface area contributed by atoms with Crippen molar-refractivity contribution in [2.24, 2.45) is 5.92 Å². The Balaban J connectivity index is 1.54. The molecule has 3 amide bonds. The minimum Gasteiger partial charge on any atom is -0.396 e. The number of fused-ring (bicyclic) bond motifs is 1. The van der Waals surface area contributed by atoms with E-state index in [4.69, 9.17) is 0 Å². The van der Waals surface area contributed by atoms with Crippen LogP contribution in [0.3, 0.4) is 0 Å². The summed E-state index contributed by atoms with van der Waals surface area (Å²) in [6.07, 6.45) is 1.59. The minimum atomic E-state index is -0.577. The molecule has 2 saturated heterocycles. The van der Waals surface area contributed by atoms with Gasteiger partial charge < -0.3 is 14.9 Å². The van der Waals surface area contributed by atoms with Gasteiger partial charge in [0, 0.05) is 49.8 Å². The van der Waals surface area contributed by atoms with Crippen LogP contribution in [0, 0.1) is 5.92 Å². The number of anilines is 1. The van der Waals surface area contributed by atoms with Gasteiger partial charge in [-0.05, 0) is 30.5 Å². The number of hydrogen-bond acceptors (Lipinski definition) is 5. The van der Waals surface area contributed by atoms with E-state index >= 15 is 0 Å². The molecule has 2 unspecified atom stereocenters. The van der Waals surface area contributed by atoms with E-state index in [0.29, 0.717) is 18.5 Å². The molecule has 0 saturated carbocycles. The largest absolute Gasteiger partial charge is 0.396 e. The lowest BCUT2D eigenvalue weighted by molar-refractivity contribution is -0.136. The quantitative estimate of drug-likeness (QED) is 0.769. The molecule has 0 aromatic heterocycles. The van der Waals surface area contributed by atoms with Crippen molar-refractivity contribution in [2.45, 2.75) is 31.8 Å². The van der Waals surface area contributed by atoms with Crippen LogP contribution in [0.15, 0.2) is 18.2 Å². The summed E-state index contributed by atoms with van der Waals surface area (Å²) in [7, 11) is 0. The van der Waals surface area contributed by atoms with Gasteiger partial charge in [-0.3, -0.25) is 19.7 Å². The molecule has 2 fully saturated rings. The number of imide groups is 1. The van der Waals surface area contributed by atoms with Gasteiger partial charge in [0.2, 0.25) is 11.8 Å². The number of benzene rings is 1. The molecule has 2 atom stereocenters. The van der Waals surface area contributed by atoms with E-state index in [-0.39, 0.29) is 36.7 Å². The van der Waals surface area contributed by atoms with Crippen LogP contribution in [0.1, 0.15) is 35.2 Å². The zero-order valence-electron chi connectivity index (χ0n) is 13.9. The van der Waals surface area contributed by atoms with Gasteiger partial charge >= 0.3 is 0 Å². The van der Waals surface area contributed by atoms with Crippen LogP contribution in [-0.2, 0) is 16.1 Å². The standard InChI is InChI=1S/C18H21N3O4/c22-10-11-5-6-20(8-11)13-2-1-12-9-21(18(25)14(12)7-13)15-3-4-16(23)19-17(15)24/h1-2,7,11,15,22H,3-6,8-10H2,(H,19,23,24). The van der Waals surface area contributed by atoms with Gasteiger partial charge in [-0.15, -0.1) is 0 Å². The van der Waals surface area contributed by atoms with E-state index in [2.05, 4.69) is 10.2 Å². The van der Waals surface area contributed by atoms with Crippen LogP contribution in [0.5, 0.6) is 0 Å². The number of carbonyl (C=O) groups excluding carboxylic acids is 3. The normalized spacial score (nSPS) is 26.2. The topological polar surface area (TPSA) is 90.0 Å². The van der Waals surface area contributed by atoms with Crippen molar-refractivity contribution in [3.05, 3.63) is 29.3 Å². The lowest BCUT2D eigenvalue weighted by Gasteiger charge is -2.29. The second-order valence-corrected chi connectivity index (χ2v) is 7.02. The number of hydrogen-bond donors (Lipinski definition) is 2. The summed E-state index contributed by atoms with van der Waals surface area (Å²) in [4.78, 5) is 40.0. The number of nitrogens with zero attached hydrogens (tertiary/aromatic N) is 2. The third-order valence-electron chi connectivity index (χ3n) is 5.42. The van der Waals surface area contributed by atoms with Gasteiger partial charge in [0.1, 0.15) is 6.04 Å². The SMILES string of the molecule is O=C1CCC(N2Cc3ccc(N4CCC(CO)C4)cc3C2=O)C(=O)N1. The molecule has 3 heterocycles. The Morgan fingerprint density at radius 1 is 1.20 bits per heavy atom. The molecule has 7 heteroatoms. The molecule has 1 aromatic rings. The van der Waals surface area contributed by atoms with Crippen LogP contribution in [0.4, 0.5) is 5.69 Å². The maximum Gasteiger partial charge on any atom is 0.255 e. The van der Waals surface area contributed by atoms with Crippen molar-refractivity contribution in [3.8, 4) is 0 Å². The maximum absolute atomic E-state index is 12.8. The highest BCUT2D eigenvalue weighted by Crippen LogP contribution is 2.32. The number of piperidine rings is 1. The molecule has 3 aliphatic heterocycles. The molecule has 1 aromatic carbocycles. The number of amides is 3. The van der Waals surface area contributed by atoms with Crippen LogP contribution in [0.25, 0.3) is 0 Å². The predicted molar refractivity (Wildman–Crippen MR) is 89.9 cm³/mol. The van der Waals surface area contributed by atoms with E-state index in [1.807, 2.05) is 18.2 Å². The summed E-state index contributed by atoms with van der Waals surface area (Å²) in [6.45, 7) is 2.25. The molecule has 132 valence electrons. The Hall–Kier alpha value is -2.41. The monoisotopic (exact) mass is 343 g/mol. The van der Waals surface area contributed by atoms with Crippen LogP contribution in [-0.4, -0.2) is 53.5 Å². The van der Waals surface area contributed by atoms with Gasteiger partial charge in [-0.2, -0.15) is 0 Å². The van der Waals surface area contributed by atoms with Crippen molar-refractivity contribution < 1.29 is 19.5 Å². The van der Waals surface area contributed by atoms with Crippen molar-refractivity contribution in [1.82, 2.24) is 10.2 Å². The molecule has 0 spiro atoms. The molecule has 0 bridgehead atoms. The number of rotatable bonds is 3. The second kappa shape index (κ2) is 6.15. The summed E-state index contributed by atoms with van der Waals surface area (Å²) in [6, 6.07) is 5.26. The lowest BCUT2D eigenvalue weighted by atomic mass is 10.0.